The van der Waals surface area contributed by atoms with E-state index in [2.05, 4.69) is 0 Å². The number of hydrogen-bond donors (Lipinski definition) is 0. The predicted octanol–water partition coefficient (Wildman–Crippen LogP) is 0.0516. The molecule has 14 heavy (non-hydrogen) atoms. The fourth-order valence-electron chi connectivity index (χ4n) is 1.50. The minimum Gasteiger partial charge on any atom is -0.358 e. The van der Waals surface area contributed by atoms with Gasteiger partial charge in [0.15, 0.2) is 0 Å². The van der Waals surface area contributed by atoms with Crippen molar-refractivity contribution in [2.24, 2.45) is 0 Å². The van der Waals surface area contributed by atoms with Gasteiger partial charge in [0.25, 0.3) is 5.56 Å². The van der Waals surface area contributed by atoms with Gasteiger partial charge in [-0.15, -0.1) is 4.79 Å². The number of rotatable bonds is 1. The van der Waals surface area contributed by atoms with Gasteiger partial charge in [0.05, 0.1) is 0 Å². The molecule has 76 valence electrons. The molecule has 2 heterocycles. The SMILES string of the molecule is O=c1ccn(F)c(=O)n1C1CCCO1. The molecule has 1 saturated heterocycles. The third-order valence-electron chi connectivity index (χ3n) is 2.17. The van der Waals surface area contributed by atoms with Gasteiger partial charge in [-0.2, -0.15) is 0 Å². The Labute approximate surface area is 78.3 Å². The van der Waals surface area contributed by atoms with Gasteiger partial charge in [0.1, 0.15) is 6.23 Å². The van der Waals surface area contributed by atoms with Crippen molar-refractivity contribution in [1.29, 1.82) is 0 Å². The lowest BCUT2D eigenvalue weighted by Crippen LogP contribution is -2.39. The van der Waals surface area contributed by atoms with Gasteiger partial charge in [0.2, 0.25) is 0 Å². The summed E-state index contributed by atoms with van der Waals surface area (Å²) in [6.45, 7) is 0.498. The zero-order chi connectivity index (χ0) is 10.1. The third kappa shape index (κ3) is 1.37. The van der Waals surface area contributed by atoms with Crippen LogP contribution in [0.15, 0.2) is 21.9 Å². The molecule has 0 amide bonds. The molecule has 1 fully saturated rings. The summed E-state index contributed by atoms with van der Waals surface area (Å²) < 4.78 is 18.7. The summed E-state index contributed by atoms with van der Waals surface area (Å²) in [6.07, 6.45) is 1.53. The van der Waals surface area contributed by atoms with E-state index in [9.17, 15) is 14.1 Å². The molecule has 0 N–H and O–H groups in total. The molecular weight excluding hydrogens is 191 g/mol. The van der Waals surface area contributed by atoms with E-state index < -0.39 is 17.5 Å². The summed E-state index contributed by atoms with van der Waals surface area (Å²) >= 11 is 0. The quantitative estimate of drug-likeness (QED) is 0.643. The smallest absolute Gasteiger partial charge is 0.358 e. The molecule has 1 unspecified atom stereocenters. The van der Waals surface area contributed by atoms with Crippen molar-refractivity contribution in [3.05, 3.63) is 33.1 Å². The average molecular weight is 200 g/mol. The molecule has 0 aliphatic carbocycles. The topological polar surface area (TPSA) is 53.2 Å². The van der Waals surface area contributed by atoms with Gasteiger partial charge in [-0.05, 0) is 12.8 Å². The van der Waals surface area contributed by atoms with Crippen molar-refractivity contribution < 1.29 is 9.22 Å². The Morgan fingerprint density at radius 2 is 2.29 bits per heavy atom. The Hall–Kier alpha value is -1.43. The van der Waals surface area contributed by atoms with Gasteiger partial charge in [-0.1, -0.05) is 4.48 Å². The van der Waals surface area contributed by atoms with E-state index in [1.165, 1.54) is 0 Å². The average Bonchev–Trinajstić information content (AvgIpc) is 2.65. The van der Waals surface area contributed by atoms with Crippen molar-refractivity contribution in [1.82, 2.24) is 9.36 Å². The maximum Gasteiger partial charge on any atom is 0.361 e. The molecule has 1 atom stereocenters. The van der Waals surface area contributed by atoms with Crippen LogP contribution in [0.25, 0.3) is 0 Å². The highest BCUT2D eigenvalue weighted by Crippen LogP contribution is 2.19. The normalized spacial score (nSPS) is 21.4. The van der Waals surface area contributed by atoms with Crippen LogP contribution < -0.4 is 11.2 Å². The minimum atomic E-state index is -0.982. The highest BCUT2D eigenvalue weighted by molar-refractivity contribution is 4.86. The first-order chi connectivity index (χ1) is 6.70. The van der Waals surface area contributed by atoms with Gasteiger partial charge < -0.3 is 4.74 Å². The number of hydrogen-bond acceptors (Lipinski definition) is 3. The second-order valence-corrected chi connectivity index (χ2v) is 3.09. The van der Waals surface area contributed by atoms with E-state index in [4.69, 9.17) is 4.74 Å². The number of ether oxygens (including phenoxy) is 1. The van der Waals surface area contributed by atoms with Crippen LogP contribution in [-0.2, 0) is 4.74 Å². The molecule has 6 heteroatoms. The molecule has 5 nitrogen and oxygen atoms in total. The molecule has 0 radical (unpaired) electrons. The molecule has 0 saturated carbocycles. The van der Waals surface area contributed by atoms with Gasteiger partial charge in [0, 0.05) is 18.9 Å². The molecule has 2 rings (SSSR count). The number of aromatic nitrogens is 2. The molecule has 1 aliphatic heterocycles. The Kier molecular flexibility index (Phi) is 2.20. The third-order valence-corrected chi connectivity index (χ3v) is 2.17. The Balaban J connectivity index is 2.55. The van der Waals surface area contributed by atoms with Gasteiger partial charge in [-0.3, -0.25) is 4.79 Å². The standard InChI is InChI=1S/C8H9FN2O3/c9-10-4-3-6(12)11(8(10)13)7-2-1-5-14-7/h3-4,7H,1-2,5H2. The van der Waals surface area contributed by atoms with Crippen LogP contribution in [0, 0.1) is 0 Å². The first-order valence-electron chi connectivity index (χ1n) is 4.32. The largest absolute Gasteiger partial charge is 0.361 e. The van der Waals surface area contributed by atoms with Crippen molar-refractivity contribution in [2.45, 2.75) is 19.1 Å². The highest BCUT2D eigenvalue weighted by atomic mass is 19.2. The monoisotopic (exact) mass is 200 g/mol. The van der Waals surface area contributed by atoms with Crippen LogP contribution >= 0.6 is 0 Å². The zero-order valence-corrected chi connectivity index (χ0v) is 7.35. The lowest BCUT2D eigenvalue weighted by molar-refractivity contribution is 0.0465. The molecule has 1 aromatic heterocycles. The van der Waals surface area contributed by atoms with Crippen LogP contribution in [0.1, 0.15) is 19.1 Å². The summed E-state index contributed by atoms with van der Waals surface area (Å²) in [4.78, 5) is 22.4. The highest BCUT2D eigenvalue weighted by Gasteiger charge is 2.21. The van der Waals surface area contributed by atoms with Crippen molar-refractivity contribution >= 4 is 0 Å². The second-order valence-electron chi connectivity index (χ2n) is 3.09. The summed E-state index contributed by atoms with van der Waals surface area (Å²) in [5.41, 5.74) is -1.51. The Morgan fingerprint density at radius 1 is 1.50 bits per heavy atom. The molecule has 0 aromatic carbocycles. The van der Waals surface area contributed by atoms with Crippen LogP contribution in [0.2, 0.25) is 0 Å². The first kappa shape index (κ1) is 9.14. The molecule has 0 bridgehead atoms. The lowest BCUT2D eigenvalue weighted by Gasteiger charge is -2.11. The molecular formula is C8H9FN2O3. The summed E-state index contributed by atoms with van der Waals surface area (Å²) in [7, 11) is 0. The Bertz CT molecular complexity index is 445. The van der Waals surface area contributed by atoms with E-state index in [0.717, 1.165) is 23.3 Å². The van der Waals surface area contributed by atoms with E-state index in [1.807, 2.05) is 0 Å². The van der Waals surface area contributed by atoms with Crippen LogP contribution in [0.3, 0.4) is 0 Å². The fourth-order valence-corrected chi connectivity index (χ4v) is 1.50. The maximum absolute atomic E-state index is 12.8. The minimum absolute atomic E-state index is 0.122. The van der Waals surface area contributed by atoms with Crippen molar-refractivity contribution in [3.63, 3.8) is 0 Å². The van der Waals surface area contributed by atoms with Crippen LogP contribution in [0.5, 0.6) is 0 Å². The van der Waals surface area contributed by atoms with E-state index >= 15 is 0 Å². The summed E-state index contributed by atoms with van der Waals surface area (Å²) in [5.74, 6) is 0. The number of nitrogens with zero attached hydrogens (tertiary/aromatic N) is 2. The van der Waals surface area contributed by atoms with E-state index in [-0.39, 0.29) is 4.79 Å². The van der Waals surface area contributed by atoms with Crippen molar-refractivity contribution in [3.8, 4) is 0 Å². The van der Waals surface area contributed by atoms with Crippen LogP contribution in [0.4, 0.5) is 4.48 Å². The molecule has 0 spiro atoms. The van der Waals surface area contributed by atoms with E-state index in [0.29, 0.717) is 13.0 Å². The first-order valence-corrected chi connectivity index (χ1v) is 4.32. The zero-order valence-electron chi connectivity index (χ0n) is 7.35. The number of halogens is 1. The summed E-state index contributed by atoms with van der Waals surface area (Å²) in [5, 5.41) is 0. The van der Waals surface area contributed by atoms with Crippen LogP contribution in [-0.4, -0.2) is 16.0 Å². The fraction of sp³-hybridized carbons (Fsp3) is 0.500. The maximum atomic E-state index is 12.8. The summed E-state index contributed by atoms with van der Waals surface area (Å²) in [6, 6.07) is 1.00. The predicted molar refractivity (Wildman–Crippen MR) is 45.7 cm³/mol. The van der Waals surface area contributed by atoms with Crippen molar-refractivity contribution in [2.75, 3.05) is 6.61 Å². The second kappa shape index (κ2) is 3.38. The van der Waals surface area contributed by atoms with Gasteiger partial charge in [-0.25, -0.2) is 9.36 Å². The van der Waals surface area contributed by atoms with E-state index in [1.54, 1.807) is 0 Å². The van der Waals surface area contributed by atoms with Gasteiger partial charge >= 0.3 is 5.69 Å². The lowest BCUT2D eigenvalue weighted by atomic mass is 10.3. The molecule has 1 aliphatic rings. The Morgan fingerprint density at radius 3 is 2.93 bits per heavy atom. The molecule has 1 aromatic rings.